The fraction of sp³-hybridized carbons (Fsp3) is 1.00. The van der Waals surface area contributed by atoms with E-state index in [2.05, 4.69) is 24.1 Å². The van der Waals surface area contributed by atoms with Crippen LogP contribution < -0.4 is 5.32 Å². The Morgan fingerprint density at radius 1 is 1.33 bits per heavy atom. The molecule has 0 aromatic heterocycles. The maximum Gasteiger partial charge on any atom is 0.112 e. The summed E-state index contributed by atoms with van der Waals surface area (Å²) in [6.07, 6.45) is 4.13. The van der Waals surface area contributed by atoms with Crippen molar-refractivity contribution in [3.8, 4) is 0 Å². The molecule has 0 aliphatic carbocycles. The minimum atomic E-state index is 0.320. The molecule has 2 unspecified atom stereocenters. The zero-order valence-electron chi connectivity index (χ0n) is 10.0. The van der Waals surface area contributed by atoms with E-state index < -0.39 is 0 Å². The molecule has 2 fully saturated rings. The lowest BCUT2D eigenvalue weighted by molar-refractivity contribution is -0.0577. The molecule has 2 aliphatic rings. The predicted octanol–water partition coefficient (Wildman–Crippen LogP) is 1.44. The molecule has 88 valence electrons. The minimum Gasteiger partial charge on any atom is -0.363 e. The highest BCUT2D eigenvalue weighted by Crippen LogP contribution is 2.23. The molecule has 0 saturated carbocycles. The Bertz CT molecular complexity index is 190. The molecule has 0 aromatic carbocycles. The van der Waals surface area contributed by atoms with Gasteiger partial charge in [0.05, 0.1) is 0 Å². The number of piperidine rings is 1. The Morgan fingerprint density at radius 2 is 2.20 bits per heavy atom. The molecule has 2 saturated heterocycles. The number of hydrogen-bond acceptors (Lipinski definition) is 3. The van der Waals surface area contributed by atoms with Crippen LogP contribution in [0.5, 0.6) is 0 Å². The lowest BCUT2D eigenvalue weighted by atomic mass is 9.94. The fourth-order valence-electron chi connectivity index (χ4n) is 2.64. The molecular weight excluding hydrogens is 188 g/mol. The molecule has 0 radical (unpaired) electrons. The minimum absolute atomic E-state index is 0.320. The van der Waals surface area contributed by atoms with Gasteiger partial charge in [0.1, 0.15) is 6.23 Å². The van der Waals surface area contributed by atoms with Crippen LogP contribution in [0.2, 0.25) is 0 Å². The standard InChI is InChI=1S/C12H24N2O/c1-10(2)14-7-3-5-11(9-14)12-13-6-4-8-15-12/h10-13H,3-9H2,1-2H3. The van der Waals surface area contributed by atoms with Gasteiger partial charge in [-0.05, 0) is 46.2 Å². The van der Waals surface area contributed by atoms with Gasteiger partial charge in [-0.25, -0.2) is 0 Å². The van der Waals surface area contributed by atoms with E-state index in [1.807, 2.05) is 0 Å². The van der Waals surface area contributed by atoms with E-state index in [1.165, 1.54) is 25.9 Å². The van der Waals surface area contributed by atoms with E-state index in [1.54, 1.807) is 0 Å². The summed E-state index contributed by atoms with van der Waals surface area (Å²) < 4.78 is 5.81. The summed E-state index contributed by atoms with van der Waals surface area (Å²) in [6, 6.07) is 0.677. The third-order valence-corrected chi connectivity index (χ3v) is 3.61. The molecule has 2 aliphatic heterocycles. The van der Waals surface area contributed by atoms with Gasteiger partial charge in [-0.1, -0.05) is 0 Å². The number of likely N-dealkylation sites (tertiary alicyclic amines) is 1. The van der Waals surface area contributed by atoms with Gasteiger partial charge in [-0.2, -0.15) is 0 Å². The largest absolute Gasteiger partial charge is 0.363 e. The Morgan fingerprint density at radius 3 is 2.87 bits per heavy atom. The molecular formula is C12H24N2O. The van der Waals surface area contributed by atoms with Gasteiger partial charge < -0.3 is 9.64 Å². The van der Waals surface area contributed by atoms with E-state index in [-0.39, 0.29) is 0 Å². The van der Waals surface area contributed by atoms with Gasteiger partial charge in [-0.15, -0.1) is 0 Å². The van der Waals surface area contributed by atoms with Crippen LogP contribution in [0.3, 0.4) is 0 Å². The molecule has 2 rings (SSSR count). The molecule has 1 N–H and O–H groups in total. The second-order valence-electron chi connectivity index (χ2n) is 5.09. The van der Waals surface area contributed by atoms with Crippen molar-refractivity contribution in [3.05, 3.63) is 0 Å². The van der Waals surface area contributed by atoms with Crippen molar-refractivity contribution in [1.29, 1.82) is 0 Å². The average Bonchev–Trinajstić information content (AvgIpc) is 2.30. The molecule has 0 amide bonds. The van der Waals surface area contributed by atoms with E-state index >= 15 is 0 Å². The number of hydrogen-bond donors (Lipinski definition) is 1. The monoisotopic (exact) mass is 212 g/mol. The van der Waals surface area contributed by atoms with Crippen LogP contribution in [0.25, 0.3) is 0 Å². The van der Waals surface area contributed by atoms with Crippen LogP contribution in [0.1, 0.15) is 33.1 Å². The maximum absolute atomic E-state index is 5.81. The lowest BCUT2D eigenvalue weighted by Crippen LogP contribution is -2.50. The first-order valence-corrected chi connectivity index (χ1v) is 6.36. The SMILES string of the molecule is CC(C)N1CCCC(C2NCCCO2)C1. The molecule has 15 heavy (non-hydrogen) atoms. The number of nitrogens with one attached hydrogen (secondary N) is 1. The van der Waals surface area contributed by atoms with E-state index in [4.69, 9.17) is 4.74 Å². The Balaban J connectivity index is 1.85. The van der Waals surface area contributed by atoms with E-state index in [0.29, 0.717) is 18.2 Å². The number of ether oxygens (including phenoxy) is 1. The zero-order chi connectivity index (χ0) is 10.7. The molecule has 2 atom stereocenters. The fourth-order valence-corrected chi connectivity index (χ4v) is 2.64. The quantitative estimate of drug-likeness (QED) is 0.749. The molecule has 0 aromatic rings. The number of rotatable bonds is 2. The lowest BCUT2D eigenvalue weighted by Gasteiger charge is -2.40. The number of nitrogens with zero attached hydrogens (tertiary/aromatic N) is 1. The van der Waals surface area contributed by atoms with Crippen LogP contribution >= 0.6 is 0 Å². The van der Waals surface area contributed by atoms with E-state index in [0.717, 1.165) is 19.6 Å². The van der Waals surface area contributed by atoms with Gasteiger partial charge in [0, 0.05) is 25.1 Å². The molecule has 0 spiro atoms. The summed E-state index contributed by atoms with van der Waals surface area (Å²) in [5, 5.41) is 3.50. The highest BCUT2D eigenvalue weighted by Gasteiger charge is 2.29. The zero-order valence-corrected chi connectivity index (χ0v) is 10.0. The molecule has 2 heterocycles. The van der Waals surface area contributed by atoms with Crippen molar-refractivity contribution in [2.45, 2.75) is 45.4 Å². The smallest absolute Gasteiger partial charge is 0.112 e. The Hall–Kier alpha value is -0.120. The summed E-state index contributed by atoms with van der Waals surface area (Å²) in [7, 11) is 0. The second kappa shape index (κ2) is 5.28. The Labute approximate surface area is 93.2 Å². The van der Waals surface area contributed by atoms with Crippen LogP contribution in [-0.4, -0.2) is 43.4 Å². The topological polar surface area (TPSA) is 24.5 Å². The van der Waals surface area contributed by atoms with Crippen LogP contribution in [0.15, 0.2) is 0 Å². The molecule has 3 nitrogen and oxygen atoms in total. The van der Waals surface area contributed by atoms with Crippen LogP contribution in [0.4, 0.5) is 0 Å². The highest BCUT2D eigenvalue weighted by molar-refractivity contribution is 4.80. The van der Waals surface area contributed by atoms with Crippen molar-refractivity contribution in [3.63, 3.8) is 0 Å². The summed E-state index contributed by atoms with van der Waals surface area (Å²) in [6.45, 7) is 9.12. The highest BCUT2D eigenvalue weighted by atomic mass is 16.5. The third-order valence-electron chi connectivity index (χ3n) is 3.61. The van der Waals surface area contributed by atoms with Gasteiger partial charge in [-0.3, -0.25) is 5.32 Å². The van der Waals surface area contributed by atoms with E-state index in [9.17, 15) is 0 Å². The summed E-state index contributed by atoms with van der Waals surface area (Å²) in [5.41, 5.74) is 0. The Kier molecular flexibility index (Phi) is 4.00. The van der Waals surface area contributed by atoms with Gasteiger partial charge in [0.25, 0.3) is 0 Å². The van der Waals surface area contributed by atoms with Gasteiger partial charge in [0.15, 0.2) is 0 Å². The van der Waals surface area contributed by atoms with Crippen molar-refractivity contribution < 1.29 is 4.74 Å². The van der Waals surface area contributed by atoms with Crippen molar-refractivity contribution in [2.24, 2.45) is 5.92 Å². The molecule has 3 heteroatoms. The second-order valence-corrected chi connectivity index (χ2v) is 5.09. The average molecular weight is 212 g/mol. The normalized spacial score (nSPS) is 34.6. The van der Waals surface area contributed by atoms with Crippen molar-refractivity contribution in [1.82, 2.24) is 10.2 Å². The van der Waals surface area contributed by atoms with Crippen molar-refractivity contribution in [2.75, 3.05) is 26.2 Å². The van der Waals surface area contributed by atoms with Gasteiger partial charge in [0.2, 0.25) is 0 Å². The predicted molar refractivity (Wildman–Crippen MR) is 61.8 cm³/mol. The maximum atomic E-state index is 5.81. The first-order chi connectivity index (χ1) is 7.27. The summed E-state index contributed by atoms with van der Waals surface area (Å²) in [4.78, 5) is 2.58. The van der Waals surface area contributed by atoms with Gasteiger partial charge >= 0.3 is 0 Å². The first kappa shape index (κ1) is 11.4. The summed E-state index contributed by atoms with van der Waals surface area (Å²) >= 11 is 0. The van der Waals surface area contributed by atoms with Crippen molar-refractivity contribution >= 4 is 0 Å². The molecule has 0 bridgehead atoms. The van der Waals surface area contributed by atoms with Crippen LogP contribution in [0, 0.1) is 5.92 Å². The first-order valence-electron chi connectivity index (χ1n) is 6.36. The van der Waals surface area contributed by atoms with Crippen LogP contribution in [-0.2, 0) is 4.74 Å². The third kappa shape index (κ3) is 2.92. The summed E-state index contributed by atoms with van der Waals surface area (Å²) in [5.74, 6) is 0.696.